The van der Waals surface area contributed by atoms with Crippen molar-refractivity contribution in [2.75, 3.05) is 5.75 Å². The zero-order valence-electron chi connectivity index (χ0n) is 9.78. The molecular formula is C13H13N2O2S. The molecule has 0 saturated carbocycles. The number of nitrogens with zero attached hydrogens (tertiary/aromatic N) is 2. The van der Waals surface area contributed by atoms with E-state index < -0.39 is 9.84 Å². The highest BCUT2D eigenvalue weighted by Crippen LogP contribution is 2.20. The maximum atomic E-state index is 11.1. The number of aryl methyl sites for hydroxylation is 1. The Balaban J connectivity index is 2.32. The van der Waals surface area contributed by atoms with Crippen LogP contribution in [-0.2, 0) is 16.3 Å². The van der Waals surface area contributed by atoms with Crippen molar-refractivity contribution in [3.63, 3.8) is 0 Å². The molecular weight excluding hydrogens is 248 g/mol. The first-order valence-electron chi connectivity index (χ1n) is 5.47. The molecule has 0 bridgehead atoms. The zero-order chi connectivity index (χ0) is 13.0. The van der Waals surface area contributed by atoms with Crippen LogP contribution in [0.25, 0.3) is 11.3 Å². The van der Waals surface area contributed by atoms with Gasteiger partial charge >= 0.3 is 0 Å². The number of hydrogen-bond acceptors (Lipinski definition) is 4. The van der Waals surface area contributed by atoms with E-state index in [4.69, 9.17) is 0 Å². The van der Waals surface area contributed by atoms with Gasteiger partial charge in [-0.3, -0.25) is 9.97 Å². The predicted octanol–water partition coefficient (Wildman–Crippen LogP) is 1.89. The van der Waals surface area contributed by atoms with Crippen LogP contribution in [0.2, 0.25) is 0 Å². The molecule has 2 aromatic rings. The van der Waals surface area contributed by atoms with Crippen molar-refractivity contribution in [2.24, 2.45) is 0 Å². The van der Waals surface area contributed by atoms with E-state index in [0.29, 0.717) is 6.42 Å². The van der Waals surface area contributed by atoms with Crippen LogP contribution in [0, 0.1) is 6.26 Å². The van der Waals surface area contributed by atoms with E-state index >= 15 is 0 Å². The van der Waals surface area contributed by atoms with Gasteiger partial charge in [0, 0.05) is 24.4 Å². The van der Waals surface area contributed by atoms with Crippen LogP contribution in [-0.4, -0.2) is 24.1 Å². The first-order chi connectivity index (χ1) is 8.56. The molecule has 5 heteroatoms. The lowest BCUT2D eigenvalue weighted by atomic mass is 10.1. The van der Waals surface area contributed by atoms with Crippen LogP contribution < -0.4 is 0 Å². The molecule has 0 aliphatic rings. The highest BCUT2D eigenvalue weighted by Gasteiger charge is 2.10. The lowest BCUT2D eigenvalue weighted by molar-refractivity contribution is 0.603. The van der Waals surface area contributed by atoms with Crippen molar-refractivity contribution >= 4 is 9.84 Å². The van der Waals surface area contributed by atoms with Gasteiger partial charge in [-0.2, -0.15) is 0 Å². The average molecular weight is 261 g/mol. The minimum atomic E-state index is -3.23. The molecule has 0 amide bonds. The third-order valence-corrected chi connectivity index (χ3v) is 3.31. The van der Waals surface area contributed by atoms with Gasteiger partial charge in [0.05, 0.1) is 23.4 Å². The summed E-state index contributed by atoms with van der Waals surface area (Å²) in [6.07, 6.45) is 6.81. The van der Waals surface area contributed by atoms with Crippen molar-refractivity contribution in [1.29, 1.82) is 0 Å². The summed E-state index contributed by atoms with van der Waals surface area (Å²) < 4.78 is 22.2. The molecule has 2 aromatic heterocycles. The smallest absolute Gasteiger partial charge is 0.151 e. The molecule has 0 aliphatic carbocycles. The lowest BCUT2D eigenvalue weighted by Crippen LogP contribution is -2.06. The van der Waals surface area contributed by atoms with E-state index in [0.717, 1.165) is 17.0 Å². The van der Waals surface area contributed by atoms with Crippen LogP contribution in [0.5, 0.6) is 0 Å². The summed E-state index contributed by atoms with van der Waals surface area (Å²) in [5.74, 6) is -0.0101. The average Bonchev–Trinajstić information content (AvgIpc) is 2.37. The van der Waals surface area contributed by atoms with Crippen LogP contribution >= 0.6 is 0 Å². The number of rotatable bonds is 4. The van der Waals surface area contributed by atoms with Gasteiger partial charge in [0.1, 0.15) is 0 Å². The Hall–Kier alpha value is -1.75. The molecule has 0 aromatic carbocycles. The molecule has 0 aliphatic heterocycles. The van der Waals surface area contributed by atoms with E-state index in [1.807, 2.05) is 30.3 Å². The maximum Gasteiger partial charge on any atom is 0.151 e. The van der Waals surface area contributed by atoms with Gasteiger partial charge in [0.2, 0.25) is 0 Å². The third kappa shape index (κ3) is 3.37. The number of pyridine rings is 2. The van der Waals surface area contributed by atoms with Gasteiger partial charge in [-0.05, 0) is 24.3 Å². The Bertz CT molecular complexity index is 624. The molecule has 4 nitrogen and oxygen atoms in total. The number of hydrogen-bond donors (Lipinski definition) is 0. The van der Waals surface area contributed by atoms with Gasteiger partial charge in [-0.15, -0.1) is 0 Å². The van der Waals surface area contributed by atoms with Gasteiger partial charge in [-0.25, -0.2) is 8.42 Å². The quantitative estimate of drug-likeness (QED) is 0.843. The minimum Gasteiger partial charge on any atom is -0.261 e. The van der Waals surface area contributed by atoms with Crippen molar-refractivity contribution in [3.05, 3.63) is 54.7 Å². The van der Waals surface area contributed by atoms with Gasteiger partial charge < -0.3 is 0 Å². The van der Waals surface area contributed by atoms with E-state index in [1.165, 1.54) is 0 Å². The Morgan fingerprint density at radius 1 is 1.06 bits per heavy atom. The minimum absolute atomic E-state index is 0.0101. The van der Waals surface area contributed by atoms with E-state index in [-0.39, 0.29) is 5.75 Å². The Morgan fingerprint density at radius 3 is 2.50 bits per heavy atom. The molecule has 0 unspecified atom stereocenters. The highest BCUT2D eigenvalue weighted by atomic mass is 32.2. The molecule has 18 heavy (non-hydrogen) atoms. The van der Waals surface area contributed by atoms with Gasteiger partial charge in [0.15, 0.2) is 9.84 Å². The summed E-state index contributed by atoms with van der Waals surface area (Å²) in [4.78, 5) is 8.47. The first kappa shape index (κ1) is 12.7. The Labute approximate surface area is 107 Å². The van der Waals surface area contributed by atoms with Crippen molar-refractivity contribution in [1.82, 2.24) is 9.97 Å². The standard InChI is InChI=1S/C13H13N2O2S/c1-18(16,17)10-7-13-11(5-4-9-15-13)12-6-2-3-8-14-12/h2-6,8-9H,1,7,10H2. The van der Waals surface area contributed by atoms with Crippen LogP contribution in [0.4, 0.5) is 0 Å². The van der Waals surface area contributed by atoms with Crippen molar-refractivity contribution < 1.29 is 8.42 Å². The first-order valence-corrected chi connectivity index (χ1v) is 7.29. The third-order valence-electron chi connectivity index (χ3n) is 2.48. The summed E-state index contributed by atoms with van der Waals surface area (Å²) in [6, 6.07) is 9.29. The predicted molar refractivity (Wildman–Crippen MR) is 70.3 cm³/mol. The maximum absolute atomic E-state index is 11.1. The molecule has 2 heterocycles. The topological polar surface area (TPSA) is 59.9 Å². The van der Waals surface area contributed by atoms with E-state index in [2.05, 4.69) is 16.2 Å². The van der Waals surface area contributed by atoms with E-state index in [9.17, 15) is 8.42 Å². The second-order valence-corrected chi connectivity index (χ2v) is 5.81. The second-order valence-electron chi connectivity index (χ2n) is 3.91. The summed E-state index contributed by atoms with van der Waals surface area (Å²) in [5, 5.41) is 0. The summed E-state index contributed by atoms with van der Waals surface area (Å²) in [7, 11) is -3.23. The molecule has 0 atom stereocenters. The zero-order valence-corrected chi connectivity index (χ0v) is 10.6. The van der Waals surface area contributed by atoms with Gasteiger partial charge in [0.25, 0.3) is 0 Å². The molecule has 0 N–H and O–H groups in total. The fraction of sp³-hybridized carbons (Fsp3) is 0.154. The number of sulfone groups is 1. The Morgan fingerprint density at radius 2 is 1.83 bits per heavy atom. The van der Waals surface area contributed by atoms with Crippen molar-refractivity contribution in [3.8, 4) is 11.3 Å². The molecule has 93 valence electrons. The fourth-order valence-corrected chi connectivity index (χ4v) is 2.15. The lowest BCUT2D eigenvalue weighted by Gasteiger charge is -2.07. The molecule has 2 rings (SSSR count). The largest absolute Gasteiger partial charge is 0.261 e. The van der Waals surface area contributed by atoms with Crippen LogP contribution in [0.3, 0.4) is 0 Å². The van der Waals surface area contributed by atoms with Crippen molar-refractivity contribution in [2.45, 2.75) is 6.42 Å². The monoisotopic (exact) mass is 261 g/mol. The number of aromatic nitrogens is 2. The summed E-state index contributed by atoms with van der Waals surface area (Å²) in [6.45, 7) is 0. The Kier molecular flexibility index (Phi) is 3.72. The molecule has 0 fully saturated rings. The SMILES string of the molecule is [CH2]S(=O)(=O)CCc1ncccc1-c1ccccn1. The summed E-state index contributed by atoms with van der Waals surface area (Å²) >= 11 is 0. The van der Waals surface area contributed by atoms with Gasteiger partial charge in [-0.1, -0.05) is 6.07 Å². The second kappa shape index (κ2) is 5.27. The highest BCUT2D eigenvalue weighted by molar-refractivity contribution is 7.92. The van der Waals surface area contributed by atoms with Crippen LogP contribution in [0.1, 0.15) is 5.69 Å². The molecule has 0 saturated heterocycles. The fourth-order valence-electron chi connectivity index (χ4n) is 1.64. The van der Waals surface area contributed by atoms with E-state index in [1.54, 1.807) is 12.4 Å². The molecule has 1 radical (unpaired) electrons. The molecule has 0 spiro atoms. The summed E-state index contributed by atoms with van der Waals surface area (Å²) in [5.41, 5.74) is 2.38. The normalized spacial score (nSPS) is 11.4. The van der Waals surface area contributed by atoms with Crippen LogP contribution in [0.15, 0.2) is 42.7 Å².